The zero-order valence-corrected chi connectivity index (χ0v) is 105. The van der Waals surface area contributed by atoms with E-state index in [4.69, 9.17) is 10.2 Å². The number of β-amino-alcohol motifs (C(OH)–C–C–N with tert-alkyl or cyclic N) is 1. The minimum absolute atomic E-state index is 0.0253. The van der Waals surface area contributed by atoms with Crippen molar-refractivity contribution >= 4 is 24.0 Å². The number of amides is 3. The normalized spacial score (nSPS) is 24.7. The van der Waals surface area contributed by atoms with E-state index in [2.05, 4.69) is 303 Å². The van der Waals surface area contributed by atoms with Crippen LogP contribution in [0.4, 0.5) is 0 Å². The molecule has 3 aliphatic carbocycles. The van der Waals surface area contributed by atoms with Gasteiger partial charge in [0.05, 0.1) is 68.1 Å². The molecule has 8 aliphatic rings. The van der Waals surface area contributed by atoms with Crippen molar-refractivity contribution in [2.75, 3.05) is 182 Å². The minimum Gasteiger partial charge on any atom is -0.394 e. The van der Waals surface area contributed by atoms with Crippen molar-refractivity contribution in [1.29, 1.82) is 0 Å². The van der Waals surface area contributed by atoms with Crippen LogP contribution >= 0.6 is 0 Å². The third kappa shape index (κ3) is 86.9. The molecule has 0 bridgehead atoms. The summed E-state index contributed by atoms with van der Waals surface area (Å²) in [4.78, 5) is 60.4. The number of nitrogens with zero attached hydrogens (tertiary/aromatic N) is 8. The number of rotatable bonds is 30. The lowest BCUT2D eigenvalue weighted by Gasteiger charge is -2.43. The molecule has 0 spiro atoms. The summed E-state index contributed by atoms with van der Waals surface area (Å²) < 4.78 is 0. The number of aldehydes is 1. The second-order valence-corrected chi connectivity index (χ2v) is 51.6. The van der Waals surface area contributed by atoms with Gasteiger partial charge in [0.2, 0.25) is 17.7 Å². The number of piperidine rings is 3. The molecule has 3 saturated carbocycles. The van der Waals surface area contributed by atoms with Gasteiger partial charge < -0.3 is 106 Å². The van der Waals surface area contributed by atoms with Gasteiger partial charge in [0.1, 0.15) is 6.29 Å². The molecule has 25 nitrogen and oxygen atoms in total. The van der Waals surface area contributed by atoms with Gasteiger partial charge in [0, 0.05) is 72.0 Å². The average Bonchev–Trinajstić information content (AvgIpc) is 1.03. The van der Waals surface area contributed by atoms with Crippen LogP contribution in [0.15, 0.2) is 12.2 Å². The number of hydrogen-bond acceptors (Lipinski definition) is 22. The highest BCUT2D eigenvalue weighted by Crippen LogP contribution is 2.42. The molecule has 0 aromatic rings. The summed E-state index contributed by atoms with van der Waals surface area (Å²) in [5.74, 6) is 13.7. The predicted molar refractivity (Wildman–Crippen MR) is 631 cm³/mol. The van der Waals surface area contributed by atoms with Crippen LogP contribution in [0.3, 0.4) is 0 Å². The van der Waals surface area contributed by atoms with E-state index in [1.54, 1.807) is 18.7 Å². The number of carbonyl (C=O) groups is 4. The van der Waals surface area contributed by atoms with E-state index in [0.29, 0.717) is 60.4 Å². The predicted octanol–water partition coefficient (Wildman–Crippen LogP) is 19.6. The molecule has 17 unspecified atom stereocenters. The van der Waals surface area contributed by atoms with E-state index in [1.165, 1.54) is 110 Å². The smallest absolute Gasteiger partial charge is 0.219 e. The largest absolute Gasteiger partial charge is 0.394 e. The molecular formula is C122H259N11O14. The highest BCUT2D eigenvalue weighted by molar-refractivity contribution is 5.74. The summed E-state index contributed by atoms with van der Waals surface area (Å²) in [6.45, 7) is 92.1. The second-order valence-electron chi connectivity index (χ2n) is 51.6. The number of nitrogens with one attached hydrogen (secondary N) is 3. The van der Waals surface area contributed by atoms with Crippen molar-refractivity contribution in [2.45, 2.75) is 432 Å². The Kier molecular flexibility index (Phi) is 98.4. The Morgan fingerprint density at radius 1 is 0.422 bits per heavy atom. The van der Waals surface area contributed by atoms with Crippen molar-refractivity contribution in [2.24, 2.45) is 142 Å². The van der Waals surface area contributed by atoms with Crippen molar-refractivity contribution in [3.05, 3.63) is 12.2 Å². The Labute approximate surface area is 912 Å². The maximum Gasteiger partial charge on any atom is 0.219 e. The van der Waals surface area contributed by atoms with Gasteiger partial charge in [0.15, 0.2) is 0 Å². The first-order valence-corrected chi connectivity index (χ1v) is 58.9. The summed E-state index contributed by atoms with van der Waals surface area (Å²) in [7, 11) is 20.9. The van der Waals surface area contributed by atoms with Gasteiger partial charge in [-0.2, -0.15) is 0 Å². The first-order valence-electron chi connectivity index (χ1n) is 58.9. The standard InChI is InChI=1S/C11H22O2.C10H19NO3.C10H19NO.C10H17NO.C10H19NO.C10H20O2.C9H18O2.C8H17N.C8H19N.2C7H17N.2C6H15N.C5H13N.C5H12O2/c1-7(2)8-5-11(3,4)6-9(12)10(8)13;1-6(2)8-4-11(7(3)12)5-9(13)10(8)14;2*1-8(2)10-5-4-6-11(7-10)9(3)12;1-9(2)10-3-5-11(6-4-10)7-8-12;1-6(2)8-4-7(3)5-9(11)10(8)12;1-6(2)7-4-3-5-8(10)9(7)11;1-7(2)8-5-4-6-9(8)3;1-8(2)6-5-7-9(3)4;1-7(2)5-6-8(3)4;1-7(2)5-4-6-8-3;1-6(2)5-7(3)4;1-6(2)4-5-7-3;1-5(2)4-6-3;1-4(2)5(7)3-6/h7-10,12-13H,5-6H2,1-4H3;6,8-10,13-14H,4-5H2,1-3H3;8,10H,4-7H2,1-3H3;4-5,8,10H,6-7H2,1-3H3;8-10H,3-7H2,1-2H3;6-12H,4-5H2,1-3H3;6-11H,3-5H2,1-2H3;7-8H,4-6H2,1-3H3;8H,5-7H2,1-4H3;7H,5-6H2,1-4H3;7-8H,4-6H2,1-3H3;6H,5H2,1-4H3;6-7H,4-5H2,1-3H3;5-6H,4H2,1-3H3;4-7H,3H2,1-2H3. The lowest BCUT2D eigenvalue weighted by Crippen LogP contribution is -2.55. The van der Waals surface area contributed by atoms with Gasteiger partial charge in [-0.15, -0.1) is 0 Å². The molecular weight excluding hydrogens is 1840 g/mol. The maximum atomic E-state index is 11.2. The Bertz CT molecular complexity index is 2980. The molecule has 0 radical (unpaired) electrons. The summed E-state index contributed by atoms with van der Waals surface area (Å²) in [5, 5.41) is 103. The van der Waals surface area contributed by atoms with Gasteiger partial charge in [-0.1, -0.05) is 247 Å². The Hall–Kier alpha value is -2.90. The van der Waals surface area contributed by atoms with Gasteiger partial charge in [0.25, 0.3) is 0 Å². The number of hydrogen-bond donors (Lipinski definition) is 13. The zero-order chi connectivity index (χ0) is 116. The lowest BCUT2D eigenvalue weighted by molar-refractivity contribution is -0.141. The van der Waals surface area contributed by atoms with Crippen LogP contribution in [0.25, 0.3) is 0 Å². The fraction of sp³-hybridized carbons (Fsp3) is 0.951. The SMILES string of the molecule is CC(=O)N1CC(O)C(O)C(C(C)C)C1.CC(=O)N1CC=CC(C(C)C)C1.CC(=O)N1CCCC(C(C)C)C1.CC(C)C(O)CO.CC(C)C1CC(C)(C)CC(O)C1O.CC(C)C1CCCC(O)C1O.CC(C)C1CCCN1C.CC(C)C1CCN(CC=O)CC1.CC(C)CCCN(C)C.CC(C)CCN(C)C.CC(C)CN(C)C.CC1CC(O)C(O)C(C(C)C)C1.CNCC(C)C.CNCCC(C)C.CNCCCC(C)C. The van der Waals surface area contributed by atoms with Gasteiger partial charge in [-0.3, -0.25) is 19.3 Å². The van der Waals surface area contributed by atoms with Gasteiger partial charge >= 0.3 is 0 Å². The number of likely N-dealkylation sites (tertiary alicyclic amines) is 4. The Morgan fingerprint density at radius 2 is 0.891 bits per heavy atom. The van der Waals surface area contributed by atoms with E-state index < -0.39 is 54.9 Å². The molecule has 5 heterocycles. The van der Waals surface area contributed by atoms with Crippen LogP contribution in [-0.4, -0.2) is 357 Å². The monoisotopic (exact) mass is 2100 g/mol. The lowest BCUT2D eigenvalue weighted by atomic mass is 9.66. The molecule has 4 saturated heterocycles. The van der Waals surface area contributed by atoms with Crippen LogP contribution < -0.4 is 16.0 Å². The quantitative estimate of drug-likeness (QED) is 0.0180. The molecule has 147 heavy (non-hydrogen) atoms. The Morgan fingerprint density at radius 3 is 1.23 bits per heavy atom. The maximum absolute atomic E-state index is 11.2. The molecule has 13 N–H and O–H groups in total. The first kappa shape index (κ1) is 157. The molecule has 7 fully saturated rings. The molecule has 3 amide bonds. The van der Waals surface area contributed by atoms with E-state index in [1.807, 2.05) is 58.6 Å². The fourth-order valence-electron chi connectivity index (χ4n) is 19.3. The molecule has 0 aromatic carbocycles. The summed E-state index contributed by atoms with van der Waals surface area (Å²) in [6.07, 6.45) is 22.5. The minimum atomic E-state index is -0.806. The van der Waals surface area contributed by atoms with E-state index in [0.717, 1.165) is 175 Å². The highest BCUT2D eigenvalue weighted by Gasteiger charge is 2.42. The molecule has 886 valence electrons. The third-order valence-electron chi connectivity index (χ3n) is 29.5. The summed E-state index contributed by atoms with van der Waals surface area (Å²) in [5.41, 5.74) is 0.174. The van der Waals surface area contributed by atoms with Crippen LogP contribution in [0.2, 0.25) is 0 Å². The number of aliphatic hydroxyl groups excluding tert-OH is 10. The van der Waals surface area contributed by atoms with Crippen LogP contribution in [-0.2, 0) is 19.2 Å². The van der Waals surface area contributed by atoms with Crippen molar-refractivity contribution in [1.82, 2.24) is 55.1 Å². The number of aliphatic hydroxyl groups is 10. The summed E-state index contributed by atoms with van der Waals surface area (Å²) in [6, 6.07) is 0.866. The van der Waals surface area contributed by atoms with Crippen molar-refractivity contribution < 1.29 is 70.2 Å². The molecule has 5 aliphatic heterocycles. The molecule has 8 rings (SSSR count). The topological polar surface area (TPSA) is 333 Å². The van der Waals surface area contributed by atoms with Crippen LogP contribution in [0.1, 0.15) is 371 Å². The van der Waals surface area contributed by atoms with Crippen LogP contribution in [0, 0.1) is 142 Å². The van der Waals surface area contributed by atoms with Gasteiger partial charge in [-0.05, 0) is 381 Å². The van der Waals surface area contributed by atoms with Crippen molar-refractivity contribution in [3.63, 3.8) is 0 Å². The number of carbonyl (C=O) groups excluding carboxylic acids is 4. The van der Waals surface area contributed by atoms with E-state index in [-0.39, 0.29) is 65.9 Å². The van der Waals surface area contributed by atoms with Crippen molar-refractivity contribution in [3.8, 4) is 0 Å². The molecule has 17 atom stereocenters. The fourth-order valence-corrected chi connectivity index (χ4v) is 19.3. The Balaban J connectivity index is -0.000000287. The molecule has 0 aromatic heterocycles. The first-order chi connectivity index (χ1) is 67.9. The van der Waals surface area contributed by atoms with E-state index in [9.17, 15) is 60.0 Å². The van der Waals surface area contributed by atoms with Crippen LogP contribution in [0.5, 0.6) is 0 Å². The second kappa shape index (κ2) is 92.1. The van der Waals surface area contributed by atoms with Gasteiger partial charge in [-0.25, -0.2) is 0 Å². The average molecular weight is 2100 g/mol. The molecule has 25 heteroatoms. The van der Waals surface area contributed by atoms with E-state index >= 15 is 0 Å². The summed E-state index contributed by atoms with van der Waals surface area (Å²) >= 11 is 0. The highest BCUT2D eigenvalue weighted by atomic mass is 16.3. The zero-order valence-electron chi connectivity index (χ0n) is 105. The third-order valence-corrected chi connectivity index (χ3v) is 29.5.